The van der Waals surface area contributed by atoms with Gasteiger partial charge in [-0.3, -0.25) is 4.79 Å². The van der Waals surface area contributed by atoms with Crippen LogP contribution in [-0.4, -0.2) is 27.8 Å². The number of nitrogens with two attached hydrogens (primary N) is 1. The van der Waals surface area contributed by atoms with Crippen LogP contribution in [0.5, 0.6) is 0 Å². The molecule has 0 aliphatic carbocycles. The van der Waals surface area contributed by atoms with Crippen LogP contribution in [0.3, 0.4) is 0 Å². The Balaban J connectivity index is 3.21. The number of aliphatic hydroxyl groups is 1. The van der Waals surface area contributed by atoms with Crippen molar-refractivity contribution in [3.63, 3.8) is 0 Å². The third kappa shape index (κ3) is 3.18. The minimum atomic E-state index is -1.75. The molecule has 5 nitrogen and oxygen atoms in total. The number of alkyl halides is 1. The van der Waals surface area contributed by atoms with Crippen molar-refractivity contribution in [1.29, 1.82) is 0 Å². The highest BCUT2D eigenvalue weighted by atomic mass is 35.5. The van der Waals surface area contributed by atoms with Crippen molar-refractivity contribution in [2.75, 3.05) is 11.6 Å². The van der Waals surface area contributed by atoms with Crippen molar-refractivity contribution in [2.24, 2.45) is 0 Å². The fourth-order valence-corrected chi connectivity index (χ4v) is 1.58. The van der Waals surface area contributed by atoms with Gasteiger partial charge in [0, 0.05) is 29.1 Å². The largest absolute Gasteiger partial charge is 0.479 e. The number of nitrogen functional groups attached to an aromatic ring is 1. The van der Waals surface area contributed by atoms with E-state index in [1.165, 1.54) is 18.2 Å². The predicted molar refractivity (Wildman–Crippen MR) is 63.1 cm³/mol. The standard InChI is InChI=1S/C11H12ClNO4/c12-4-3-9(14)8-5-6(13)1-2-7(8)10(15)11(16)17/h1-2,5,10,15H,3-4,13H2,(H,16,17). The summed E-state index contributed by atoms with van der Waals surface area (Å²) in [5.74, 6) is -1.65. The molecule has 17 heavy (non-hydrogen) atoms. The number of carboxylic acid groups (broad SMARTS) is 1. The van der Waals surface area contributed by atoms with E-state index in [0.717, 1.165) is 0 Å². The van der Waals surface area contributed by atoms with Gasteiger partial charge in [-0.15, -0.1) is 11.6 Å². The number of hydrogen-bond acceptors (Lipinski definition) is 4. The van der Waals surface area contributed by atoms with Crippen LogP contribution in [-0.2, 0) is 4.79 Å². The number of hydrogen-bond donors (Lipinski definition) is 3. The molecule has 0 spiro atoms. The minimum absolute atomic E-state index is 0.0295. The van der Waals surface area contributed by atoms with E-state index < -0.39 is 12.1 Å². The van der Waals surface area contributed by atoms with Crippen LogP contribution < -0.4 is 5.73 Å². The second-order valence-electron chi connectivity index (χ2n) is 3.45. The number of carbonyl (C=O) groups excluding carboxylic acids is 1. The number of rotatable bonds is 5. The molecule has 0 saturated carbocycles. The van der Waals surface area contributed by atoms with Gasteiger partial charge in [-0.05, 0) is 12.1 Å². The summed E-state index contributed by atoms with van der Waals surface area (Å²) in [5, 5.41) is 18.2. The molecule has 0 saturated heterocycles. The van der Waals surface area contributed by atoms with Gasteiger partial charge in [-0.25, -0.2) is 4.79 Å². The van der Waals surface area contributed by atoms with Gasteiger partial charge in [0.05, 0.1) is 0 Å². The van der Waals surface area contributed by atoms with Crippen LogP contribution in [0.4, 0.5) is 5.69 Å². The second-order valence-corrected chi connectivity index (χ2v) is 3.83. The molecule has 0 amide bonds. The number of ketones is 1. The fourth-order valence-electron chi connectivity index (χ4n) is 1.41. The summed E-state index contributed by atoms with van der Waals surface area (Å²) in [6.45, 7) is 0. The predicted octanol–water partition coefficient (Wildman–Crippen LogP) is 1.20. The number of halogens is 1. The molecule has 1 atom stereocenters. The summed E-state index contributed by atoms with van der Waals surface area (Å²) >= 11 is 5.45. The lowest BCUT2D eigenvalue weighted by Gasteiger charge is -2.11. The third-order valence-electron chi connectivity index (χ3n) is 2.23. The van der Waals surface area contributed by atoms with Gasteiger partial charge < -0.3 is 15.9 Å². The van der Waals surface area contributed by atoms with Crippen LogP contribution in [0.15, 0.2) is 18.2 Å². The molecule has 0 aliphatic heterocycles. The third-order valence-corrected chi connectivity index (χ3v) is 2.42. The van der Waals surface area contributed by atoms with Crippen LogP contribution in [0.1, 0.15) is 28.4 Å². The number of carbonyl (C=O) groups is 2. The van der Waals surface area contributed by atoms with Gasteiger partial charge >= 0.3 is 5.97 Å². The first-order chi connectivity index (χ1) is 7.97. The molecule has 0 aromatic heterocycles. The Morgan fingerprint density at radius 2 is 2.06 bits per heavy atom. The van der Waals surface area contributed by atoms with Crippen molar-refractivity contribution < 1.29 is 19.8 Å². The number of aliphatic carboxylic acids is 1. The maximum Gasteiger partial charge on any atom is 0.337 e. The molecule has 92 valence electrons. The van der Waals surface area contributed by atoms with Crippen LogP contribution in [0, 0.1) is 0 Å². The lowest BCUT2D eigenvalue weighted by Crippen LogP contribution is -2.15. The number of carboxylic acids is 1. The Morgan fingerprint density at radius 3 is 2.59 bits per heavy atom. The summed E-state index contributed by atoms with van der Waals surface area (Å²) in [4.78, 5) is 22.4. The summed E-state index contributed by atoms with van der Waals surface area (Å²) in [6.07, 6.45) is -1.69. The van der Waals surface area contributed by atoms with E-state index in [0.29, 0.717) is 5.69 Å². The average Bonchev–Trinajstić information content (AvgIpc) is 2.28. The smallest absolute Gasteiger partial charge is 0.337 e. The molecule has 1 aromatic rings. The van der Waals surface area contributed by atoms with E-state index in [1.807, 2.05) is 0 Å². The fraction of sp³-hybridized carbons (Fsp3) is 0.273. The SMILES string of the molecule is Nc1ccc(C(O)C(=O)O)c(C(=O)CCCl)c1. The zero-order valence-electron chi connectivity index (χ0n) is 8.89. The molecular formula is C11H12ClNO4. The van der Waals surface area contributed by atoms with Crippen LogP contribution in [0.2, 0.25) is 0 Å². The Hall–Kier alpha value is -1.59. The van der Waals surface area contributed by atoms with Crippen molar-refractivity contribution >= 4 is 29.0 Å². The Labute approximate surface area is 103 Å². The van der Waals surface area contributed by atoms with Crippen molar-refractivity contribution in [1.82, 2.24) is 0 Å². The van der Waals surface area contributed by atoms with E-state index in [9.17, 15) is 14.7 Å². The maximum absolute atomic E-state index is 11.7. The first-order valence-corrected chi connectivity index (χ1v) is 5.40. The summed E-state index contributed by atoms with van der Waals surface area (Å²) < 4.78 is 0. The minimum Gasteiger partial charge on any atom is -0.479 e. The molecule has 0 bridgehead atoms. The number of anilines is 1. The summed E-state index contributed by atoms with van der Waals surface area (Å²) in [5.41, 5.74) is 5.97. The lowest BCUT2D eigenvalue weighted by molar-refractivity contribution is -0.146. The molecular weight excluding hydrogens is 246 g/mol. The normalized spacial score (nSPS) is 12.1. The molecule has 1 aromatic carbocycles. The van der Waals surface area contributed by atoms with Gasteiger partial charge in [0.2, 0.25) is 0 Å². The molecule has 0 heterocycles. The Bertz CT molecular complexity index is 447. The highest BCUT2D eigenvalue weighted by Crippen LogP contribution is 2.22. The Morgan fingerprint density at radius 1 is 1.41 bits per heavy atom. The van der Waals surface area contributed by atoms with Crippen molar-refractivity contribution in [3.8, 4) is 0 Å². The van der Waals surface area contributed by atoms with Crippen molar-refractivity contribution in [3.05, 3.63) is 29.3 Å². The number of benzene rings is 1. The number of Topliss-reactive ketones (excluding diaryl/α,β-unsaturated/α-hetero) is 1. The van der Waals surface area contributed by atoms with Crippen molar-refractivity contribution in [2.45, 2.75) is 12.5 Å². The molecule has 0 aliphatic rings. The Kier molecular flexibility index (Phi) is 4.48. The molecule has 1 rings (SSSR count). The van der Waals surface area contributed by atoms with Gasteiger partial charge in [-0.2, -0.15) is 0 Å². The highest BCUT2D eigenvalue weighted by molar-refractivity contribution is 6.19. The van der Waals surface area contributed by atoms with E-state index in [4.69, 9.17) is 22.4 Å². The zero-order chi connectivity index (χ0) is 13.0. The summed E-state index contributed by atoms with van der Waals surface area (Å²) in [6, 6.07) is 4.10. The first-order valence-electron chi connectivity index (χ1n) is 4.86. The maximum atomic E-state index is 11.7. The van der Waals surface area contributed by atoms with E-state index >= 15 is 0 Å². The number of aliphatic hydroxyl groups excluding tert-OH is 1. The monoisotopic (exact) mass is 257 g/mol. The molecule has 1 unspecified atom stereocenters. The van der Waals surface area contributed by atoms with E-state index in [2.05, 4.69) is 0 Å². The molecule has 0 radical (unpaired) electrons. The summed E-state index contributed by atoms with van der Waals surface area (Å²) in [7, 11) is 0. The highest BCUT2D eigenvalue weighted by Gasteiger charge is 2.22. The van der Waals surface area contributed by atoms with E-state index in [1.54, 1.807) is 0 Å². The topological polar surface area (TPSA) is 101 Å². The van der Waals surface area contributed by atoms with Gasteiger partial charge in [0.15, 0.2) is 11.9 Å². The van der Waals surface area contributed by atoms with Crippen LogP contribution >= 0.6 is 11.6 Å². The average molecular weight is 258 g/mol. The molecule has 0 fully saturated rings. The van der Waals surface area contributed by atoms with Gasteiger partial charge in [0.25, 0.3) is 0 Å². The second kappa shape index (κ2) is 5.65. The zero-order valence-corrected chi connectivity index (χ0v) is 9.65. The quantitative estimate of drug-likeness (QED) is 0.418. The molecule has 4 N–H and O–H groups in total. The van der Waals surface area contributed by atoms with E-state index in [-0.39, 0.29) is 29.2 Å². The molecule has 6 heteroatoms. The van der Waals surface area contributed by atoms with Gasteiger partial charge in [-0.1, -0.05) is 6.07 Å². The first kappa shape index (κ1) is 13.5. The lowest BCUT2D eigenvalue weighted by atomic mass is 9.97. The van der Waals surface area contributed by atoms with Crippen LogP contribution in [0.25, 0.3) is 0 Å². The van der Waals surface area contributed by atoms with Gasteiger partial charge in [0.1, 0.15) is 0 Å².